The summed E-state index contributed by atoms with van der Waals surface area (Å²) in [7, 11) is 5.17. The van der Waals surface area contributed by atoms with E-state index >= 15 is 0 Å². The Morgan fingerprint density at radius 3 is 2.42 bits per heavy atom. The third kappa shape index (κ3) is 5.12. The molecule has 0 spiro atoms. The third-order valence-electron chi connectivity index (χ3n) is 5.45. The molecular weight excluding hydrogens is 424 g/mol. The molecule has 2 aromatic carbocycles. The van der Waals surface area contributed by atoms with Crippen molar-refractivity contribution in [3.05, 3.63) is 59.2 Å². The Bertz CT molecular complexity index is 1050. The van der Waals surface area contributed by atoms with Crippen molar-refractivity contribution < 1.29 is 29.3 Å². The maximum absolute atomic E-state index is 13.1. The van der Waals surface area contributed by atoms with Crippen LogP contribution in [0.2, 0.25) is 0 Å². The predicted molar refractivity (Wildman–Crippen MR) is 124 cm³/mol. The molecule has 0 aliphatic carbocycles. The molecule has 1 aliphatic heterocycles. The molecule has 1 amide bonds. The van der Waals surface area contributed by atoms with Gasteiger partial charge in [-0.25, -0.2) is 0 Å². The zero-order chi connectivity index (χ0) is 24.1. The number of nitrogens with zero attached hydrogens (tertiary/aromatic N) is 2. The highest BCUT2D eigenvalue weighted by Crippen LogP contribution is 2.41. The zero-order valence-corrected chi connectivity index (χ0v) is 19.4. The number of carbonyl (C=O) groups excluding carboxylic acids is 2. The highest BCUT2D eigenvalue weighted by molar-refractivity contribution is 6.46. The second-order valence-corrected chi connectivity index (χ2v) is 8.10. The fourth-order valence-corrected chi connectivity index (χ4v) is 3.71. The summed E-state index contributed by atoms with van der Waals surface area (Å²) in [6.07, 6.45) is 0.869. The largest absolute Gasteiger partial charge is 0.507 e. The van der Waals surface area contributed by atoms with Crippen molar-refractivity contribution in [2.24, 2.45) is 0 Å². The van der Waals surface area contributed by atoms with Gasteiger partial charge in [-0.15, -0.1) is 0 Å². The summed E-state index contributed by atoms with van der Waals surface area (Å²) in [4.78, 5) is 29.4. The second-order valence-electron chi connectivity index (χ2n) is 8.10. The molecule has 1 atom stereocenters. The average Bonchev–Trinajstić information content (AvgIpc) is 3.06. The number of ether oxygens (including phenoxy) is 2. The van der Waals surface area contributed by atoms with Crippen molar-refractivity contribution in [1.29, 1.82) is 0 Å². The van der Waals surface area contributed by atoms with Gasteiger partial charge in [-0.1, -0.05) is 13.0 Å². The van der Waals surface area contributed by atoms with Crippen LogP contribution in [0.15, 0.2) is 48.0 Å². The van der Waals surface area contributed by atoms with Crippen LogP contribution in [0.1, 0.15) is 30.5 Å². The Morgan fingerprint density at radius 1 is 1.12 bits per heavy atom. The van der Waals surface area contributed by atoms with Gasteiger partial charge in [0.05, 0.1) is 25.3 Å². The maximum Gasteiger partial charge on any atom is 0.295 e. The number of likely N-dealkylation sites (N-methyl/N-ethyl adjacent to an activating group) is 1. The summed E-state index contributed by atoms with van der Waals surface area (Å²) < 4.78 is 10.8. The van der Waals surface area contributed by atoms with E-state index in [0.717, 1.165) is 6.42 Å². The Labute approximate surface area is 193 Å². The monoisotopic (exact) mass is 454 g/mol. The van der Waals surface area contributed by atoms with Crippen molar-refractivity contribution in [2.45, 2.75) is 19.4 Å². The molecule has 1 heterocycles. The van der Waals surface area contributed by atoms with Gasteiger partial charge in [-0.3, -0.25) is 9.59 Å². The van der Waals surface area contributed by atoms with Gasteiger partial charge >= 0.3 is 0 Å². The van der Waals surface area contributed by atoms with Crippen molar-refractivity contribution >= 4 is 17.4 Å². The van der Waals surface area contributed by atoms with Crippen LogP contribution in [-0.2, 0) is 9.59 Å². The van der Waals surface area contributed by atoms with E-state index in [1.807, 2.05) is 25.9 Å². The first-order valence-corrected chi connectivity index (χ1v) is 10.8. The number of carbonyl (C=O) groups is 2. The fraction of sp³-hybridized carbons (Fsp3) is 0.360. The SMILES string of the molecule is CCCOc1ccc(C(O)=C2C(=O)C(=O)N(CCN(C)C)[C@H]2c2ccc(O)c(OC)c2)cc1. The molecule has 0 bridgehead atoms. The van der Waals surface area contributed by atoms with Crippen molar-refractivity contribution in [1.82, 2.24) is 9.80 Å². The number of methoxy groups -OCH3 is 1. The highest BCUT2D eigenvalue weighted by Gasteiger charge is 2.46. The molecule has 0 radical (unpaired) electrons. The molecule has 33 heavy (non-hydrogen) atoms. The Hall–Kier alpha value is -3.52. The number of aliphatic hydroxyl groups excluding tert-OH is 1. The van der Waals surface area contributed by atoms with E-state index in [2.05, 4.69) is 0 Å². The van der Waals surface area contributed by atoms with Gasteiger partial charge in [-0.05, 0) is 62.5 Å². The number of rotatable bonds is 9. The predicted octanol–water partition coefficient (Wildman–Crippen LogP) is 3.17. The molecule has 3 rings (SSSR count). The van der Waals surface area contributed by atoms with Crippen molar-refractivity contribution in [3.8, 4) is 17.2 Å². The minimum absolute atomic E-state index is 0.00581. The number of aliphatic hydroxyl groups is 1. The number of hydrogen-bond donors (Lipinski definition) is 2. The van der Waals surface area contributed by atoms with Crippen LogP contribution in [-0.4, -0.2) is 72.6 Å². The number of ketones is 1. The number of Topliss-reactive ketones (excluding diaryl/α,β-unsaturated/α-hetero) is 1. The summed E-state index contributed by atoms with van der Waals surface area (Å²) in [5.74, 6) is -0.898. The smallest absolute Gasteiger partial charge is 0.295 e. The minimum Gasteiger partial charge on any atom is -0.507 e. The molecule has 2 aromatic rings. The lowest BCUT2D eigenvalue weighted by atomic mass is 9.95. The number of likely N-dealkylation sites (tertiary alicyclic amines) is 1. The van der Waals surface area contributed by atoms with E-state index in [9.17, 15) is 19.8 Å². The lowest BCUT2D eigenvalue weighted by Gasteiger charge is -2.27. The van der Waals surface area contributed by atoms with Crippen molar-refractivity contribution in [3.63, 3.8) is 0 Å². The lowest BCUT2D eigenvalue weighted by molar-refractivity contribution is -0.140. The molecule has 8 nitrogen and oxygen atoms in total. The first-order chi connectivity index (χ1) is 15.8. The normalized spacial score (nSPS) is 17.6. The zero-order valence-electron chi connectivity index (χ0n) is 19.4. The molecule has 0 saturated carbocycles. The van der Waals surface area contributed by atoms with Crippen LogP contribution in [0.3, 0.4) is 0 Å². The molecule has 8 heteroatoms. The van der Waals surface area contributed by atoms with Gasteiger partial charge < -0.3 is 29.5 Å². The van der Waals surface area contributed by atoms with E-state index in [1.54, 1.807) is 36.4 Å². The van der Waals surface area contributed by atoms with Gasteiger partial charge in [0, 0.05) is 18.7 Å². The number of phenolic OH excluding ortho intramolecular Hbond substituents is 1. The summed E-state index contributed by atoms with van der Waals surface area (Å²) >= 11 is 0. The number of phenols is 1. The Kier molecular flexibility index (Phi) is 7.60. The summed E-state index contributed by atoms with van der Waals surface area (Å²) in [5.41, 5.74) is 0.945. The van der Waals surface area contributed by atoms with E-state index in [-0.39, 0.29) is 29.4 Å². The lowest BCUT2D eigenvalue weighted by Crippen LogP contribution is -2.35. The molecule has 1 fully saturated rings. The van der Waals surface area contributed by atoms with Crippen molar-refractivity contribution in [2.75, 3.05) is 40.9 Å². The Morgan fingerprint density at radius 2 is 1.82 bits per heavy atom. The van der Waals surface area contributed by atoms with Crippen LogP contribution in [0.5, 0.6) is 17.2 Å². The van der Waals surface area contributed by atoms with Crippen LogP contribution < -0.4 is 9.47 Å². The number of benzene rings is 2. The second kappa shape index (κ2) is 10.4. The first kappa shape index (κ1) is 24.1. The van der Waals surface area contributed by atoms with Gasteiger partial charge in [-0.2, -0.15) is 0 Å². The molecule has 176 valence electrons. The maximum atomic E-state index is 13.1. The van der Waals surface area contributed by atoms with E-state index < -0.39 is 17.7 Å². The highest BCUT2D eigenvalue weighted by atomic mass is 16.5. The number of amides is 1. The van der Waals surface area contributed by atoms with Crippen LogP contribution in [0, 0.1) is 0 Å². The van der Waals surface area contributed by atoms with Crippen LogP contribution in [0.25, 0.3) is 5.76 Å². The molecule has 0 aromatic heterocycles. The van der Waals surface area contributed by atoms with Gasteiger partial charge in [0.1, 0.15) is 11.5 Å². The molecule has 1 aliphatic rings. The van der Waals surface area contributed by atoms with E-state index in [1.165, 1.54) is 18.1 Å². The molecular formula is C25H30N2O6. The van der Waals surface area contributed by atoms with Gasteiger partial charge in [0.2, 0.25) is 0 Å². The van der Waals surface area contributed by atoms with Crippen LogP contribution >= 0.6 is 0 Å². The first-order valence-electron chi connectivity index (χ1n) is 10.8. The van der Waals surface area contributed by atoms with E-state index in [0.29, 0.717) is 30.0 Å². The number of hydrogen-bond acceptors (Lipinski definition) is 7. The molecule has 1 saturated heterocycles. The average molecular weight is 455 g/mol. The molecule has 2 N–H and O–H groups in total. The Balaban J connectivity index is 2.09. The topological polar surface area (TPSA) is 99.5 Å². The summed E-state index contributed by atoms with van der Waals surface area (Å²) in [5, 5.41) is 21.1. The quantitative estimate of drug-likeness (QED) is 0.341. The standard InChI is InChI=1S/C25H30N2O6/c1-5-14-33-18-9-6-16(7-10-18)23(29)21-22(17-8-11-19(28)20(15-17)32-4)27(13-12-26(2)3)25(31)24(21)30/h6-11,15,22,28-29H,5,12-14H2,1-4H3/t22-/m0/s1. The van der Waals surface area contributed by atoms with Gasteiger partial charge in [0.25, 0.3) is 11.7 Å². The number of aromatic hydroxyl groups is 1. The van der Waals surface area contributed by atoms with Crippen LogP contribution in [0.4, 0.5) is 0 Å². The fourth-order valence-electron chi connectivity index (χ4n) is 3.71. The minimum atomic E-state index is -0.824. The summed E-state index contributed by atoms with van der Waals surface area (Å²) in [6.45, 7) is 3.40. The summed E-state index contributed by atoms with van der Waals surface area (Å²) in [6, 6.07) is 10.5. The van der Waals surface area contributed by atoms with E-state index in [4.69, 9.17) is 9.47 Å². The third-order valence-corrected chi connectivity index (χ3v) is 5.45. The molecule has 0 unspecified atom stereocenters. The van der Waals surface area contributed by atoms with Gasteiger partial charge in [0.15, 0.2) is 11.5 Å².